The van der Waals surface area contributed by atoms with Crippen LogP contribution in [0.25, 0.3) is 0 Å². The molecule has 1 unspecified atom stereocenters. The average molecular weight is 335 g/mol. The number of halogens is 1. The smallest absolute Gasteiger partial charge is 0.122 e. The van der Waals surface area contributed by atoms with Crippen LogP contribution < -0.4 is 10.1 Å². The maximum Gasteiger partial charge on any atom is 0.122 e. The number of nitrogens with zero attached hydrogens (tertiary/aromatic N) is 1. The van der Waals surface area contributed by atoms with Crippen LogP contribution >= 0.6 is 12.4 Å². The van der Waals surface area contributed by atoms with Gasteiger partial charge < -0.3 is 10.1 Å². The van der Waals surface area contributed by atoms with Crippen LogP contribution in [0.2, 0.25) is 0 Å². The molecule has 3 nitrogen and oxygen atoms in total. The second-order valence-electron chi connectivity index (χ2n) is 7.28. The van der Waals surface area contributed by atoms with Crippen LogP contribution in [0.5, 0.6) is 5.75 Å². The molecular weight excluding hydrogens is 308 g/mol. The van der Waals surface area contributed by atoms with Gasteiger partial charge in [-0.2, -0.15) is 0 Å². The second kappa shape index (κ2) is 7.12. The molecule has 2 aliphatic carbocycles. The fourth-order valence-corrected chi connectivity index (χ4v) is 3.51. The normalized spacial score (nSPS) is 23.4. The Bertz CT molecular complexity index is 554. The van der Waals surface area contributed by atoms with E-state index < -0.39 is 0 Å². The van der Waals surface area contributed by atoms with Crippen LogP contribution in [0.15, 0.2) is 29.3 Å². The number of rotatable bonds is 6. The van der Waals surface area contributed by atoms with Gasteiger partial charge in [-0.15, -0.1) is 12.4 Å². The third-order valence-electron chi connectivity index (χ3n) is 5.18. The number of ether oxygens (including phenoxy) is 1. The van der Waals surface area contributed by atoms with Crippen LogP contribution in [-0.4, -0.2) is 25.0 Å². The van der Waals surface area contributed by atoms with Gasteiger partial charge in [-0.3, -0.25) is 4.99 Å². The summed E-state index contributed by atoms with van der Waals surface area (Å²) in [6.45, 7) is 3.79. The lowest BCUT2D eigenvalue weighted by molar-refractivity contribution is 0.260. The zero-order chi connectivity index (χ0) is 14.9. The number of aliphatic imine (C=N–C) groups is 1. The maximum atomic E-state index is 5.99. The van der Waals surface area contributed by atoms with Crippen molar-refractivity contribution < 1.29 is 4.74 Å². The first-order valence-corrected chi connectivity index (χ1v) is 8.78. The molecule has 4 rings (SSSR count). The van der Waals surface area contributed by atoms with Gasteiger partial charge in [0.05, 0.1) is 12.4 Å². The molecule has 0 radical (unpaired) electrons. The molecule has 1 aliphatic heterocycles. The molecule has 1 aromatic carbocycles. The third-order valence-corrected chi connectivity index (χ3v) is 5.18. The van der Waals surface area contributed by atoms with E-state index in [1.165, 1.54) is 37.1 Å². The molecule has 0 amide bonds. The van der Waals surface area contributed by atoms with E-state index in [1.54, 1.807) is 0 Å². The van der Waals surface area contributed by atoms with Crippen LogP contribution in [-0.2, 0) is 0 Å². The molecule has 23 heavy (non-hydrogen) atoms. The van der Waals surface area contributed by atoms with E-state index in [2.05, 4.69) is 30.4 Å². The predicted molar refractivity (Wildman–Crippen MR) is 96.7 cm³/mol. The van der Waals surface area contributed by atoms with Gasteiger partial charge in [0.1, 0.15) is 5.75 Å². The Morgan fingerprint density at radius 1 is 1.17 bits per heavy atom. The average Bonchev–Trinajstić information content (AvgIpc) is 3.44. The van der Waals surface area contributed by atoms with Crippen LogP contribution in [0.3, 0.4) is 0 Å². The van der Waals surface area contributed by atoms with Crippen molar-refractivity contribution in [3.05, 3.63) is 29.8 Å². The molecule has 0 spiro atoms. The number of nitrogens with one attached hydrogen (secondary N) is 1. The van der Waals surface area contributed by atoms with E-state index in [0.717, 1.165) is 43.2 Å². The van der Waals surface area contributed by atoms with Crippen LogP contribution in [0.4, 0.5) is 0 Å². The minimum absolute atomic E-state index is 0. The molecule has 1 atom stereocenters. The highest BCUT2D eigenvalue weighted by molar-refractivity contribution is 5.85. The second-order valence-corrected chi connectivity index (χ2v) is 7.28. The third kappa shape index (κ3) is 4.20. The lowest BCUT2D eigenvalue weighted by Gasteiger charge is -2.19. The molecule has 0 aromatic heterocycles. The van der Waals surface area contributed by atoms with Crippen LogP contribution in [0.1, 0.15) is 37.7 Å². The Morgan fingerprint density at radius 3 is 2.52 bits per heavy atom. The zero-order valence-corrected chi connectivity index (χ0v) is 14.6. The minimum Gasteiger partial charge on any atom is -0.493 e. The van der Waals surface area contributed by atoms with Crippen molar-refractivity contribution in [3.63, 3.8) is 0 Å². The summed E-state index contributed by atoms with van der Waals surface area (Å²) in [4.78, 5) is 4.74. The van der Waals surface area contributed by atoms with E-state index in [4.69, 9.17) is 9.73 Å². The van der Waals surface area contributed by atoms with Crippen molar-refractivity contribution in [2.45, 2.75) is 45.1 Å². The largest absolute Gasteiger partial charge is 0.493 e. The number of benzene rings is 1. The van der Waals surface area contributed by atoms with Gasteiger partial charge in [-0.05, 0) is 56.1 Å². The lowest BCUT2D eigenvalue weighted by Crippen LogP contribution is -2.37. The highest BCUT2D eigenvalue weighted by Gasteiger charge is 2.42. The Kier molecular flexibility index (Phi) is 5.15. The highest BCUT2D eigenvalue weighted by atomic mass is 35.5. The van der Waals surface area contributed by atoms with E-state index >= 15 is 0 Å². The van der Waals surface area contributed by atoms with Crippen molar-refractivity contribution in [1.29, 1.82) is 0 Å². The van der Waals surface area contributed by atoms with Crippen molar-refractivity contribution in [2.75, 3.05) is 13.2 Å². The van der Waals surface area contributed by atoms with Crippen LogP contribution in [0, 0.1) is 24.7 Å². The van der Waals surface area contributed by atoms with E-state index in [1.807, 2.05) is 6.07 Å². The van der Waals surface area contributed by atoms with Gasteiger partial charge in [-0.25, -0.2) is 0 Å². The summed E-state index contributed by atoms with van der Waals surface area (Å²) in [5.41, 5.74) is 1.21. The topological polar surface area (TPSA) is 33.6 Å². The maximum absolute atomic E-state index is 5.99. The van der Waals surface area contributed by atoms with E-state index in [-0.39, 0.29) is 12.4 Å². The fraction of sp³-hybridized carbons (Fsp3) is 0.632. The molecule has 1 heterocycles. The summed E-state index contributed by atoms with van der Waals surface area (Å²) in [6, 6.07) is 8.97. The van der Waals surface area contributed by atoms with Gasteiger partial charge in [-0.1, -0.05) is 18.2 Å². The summed E-state index contributed by atoms with van der Waals surface area (Å²) < 4.78 is 5.99. The SMILES string of the molecule is Cc1ccccc1OCC1CN=C(NC(C2CC2)C2CC2)C1.Cl. The van der Waals surface area contributed by atoms with Gasteiger partial charge >= 0.3 is 0 Å². The van der Waals surface area contributed by atoms with E-state index in [9.17, 15) is 0 Å². The zero-order valence-electron chi connectivity index (χ0n) is 13.8. The van der Waals surface area contributed by atoms with Crippen molar-refractivity contribution in [3.8, 4) is 5.75 Å². The quantitative estimate of drug-likeness (QED) is 0.853. The molecule has 0 saturated heterocycles. The molecule has 126 valence electrons. The Hall–Kier alpha value is -1.22. The number of amidine groups is 1. The van der Waals surface area contributed by atoms with E-state index in [0.29, 0.717) is 5.92 Å². The Labute approximate surface area is 145 Å². The van der Waals surface area contributed by atoms with Gasteiger partial charge in [0, 0.05) is 24.9 Å². The Balaban J connectivity index is 0.00000156. The number of aryl methyl sites for hydroxylation is 1. The fourth-order valence-electron chi connectivity index (χ4n) is 3.51. The molecule has 3 aliphatic rings. The predicted octanol–water partition coefficient (Wildman–Crippen LogP) is 3.99. The first kappa shape index (κ1) is 16.6. The first-order chi connectivity index (χ1) is 10.8. The summed E-state index contributed by atoms with van der Waals surface area (Å²) in [5.74, 6) is 4.64. The standard InChI is InChI=1S/C19H26N2O.ClH/c1-13-4-2-3-5-17(13)22-12-14-10-18(20-11-14)21-19(15-6-7-15)16-8-9-16;/h2-5,14-16,19H,6-12H2,1H3,(H,20,21);1H. The molecule has 0 bridgehead atoms. The van der Waals surface area contributed by atoms with Gasteiger partial charge in [0.15, 0.2) is 0 Å². The molecule has 1 N–H and O–H groups in total. The summed E-state index contributed by atoms with van der Waals surface area (Å²) in [6.07, 6.45) is 6.73. The number of para-hydroxylation sites is 1. The summed E-state index contributed by atoms with van der Waals surface area (Å²) >= 11 is 0. The number of hydrogen-bond donors (Lipinski definition) is 1. The van der Waals surface area contributed by atoms with Gasteiger partial charge in [0.25, 0.3) is 0 Å². The number of hydrogen-bond acceptors (Lipinski definition) is 3. The molecule has 2 fully saturated rings. The molecule has 1 aromatic rings. The monoisotopic (exact) mass is 334 g/mol. The summed E-state index contributed by atoms with van der Waals surface area (Å²) in [7, 11) is 0. The Morgan fingerprint density at radius 2 is 1.87 bits per heavy atom. The first-order valence-electron chi connectivity index (χ1n) is 8.78. The van der Waals surface area contributed by atoms with Crippen molar-refractivity contribution in [1.82, 2.24) is 5.32 Å². The molecule has 2 saturated carbocycles. The molecule has 4 heteroatoms. The van der Waals surface area contributed by atoms with Gasteiger partial charge in [0.2, 0.25) is 0 Å². The highest BCUT2D eigenvalue weighted by Crippen LogP contribution is 2.44. The minimum atomic E-state index is 0. The summed E-state index contributed by atoms with van der Waals surface area (Å²) in [5, 5.41) is 3.77. The lowest BCUT2D eigenvalue weighted by atomic mass is 10.1. The molecular formula is C19H27ClN2O. The van der Waals surface area contributed by atoms with Crippen molar-refractivity contribution in [2.24, 2.45) is 22.7 Å². The van der Waals surface area contributed by atoms with Crippen molar-refractivity contribution >= 4 is 18.2 Å².